The Labute approximate surface area is 146 Å². The molecule has 1 unspecified atom stereocenters. The van der Waals surface area contributed by atoms with Crippen LogP contribution in [-0.4, -0.2) is 10.9 Å². The zero-order chi connectivity index (χ0) is 17.1. The van der Waals surface area contributed by atoms with Gasteiger partial charge in [-0.2, -0.15) is 0 Å². The molecule has 2 heterocycles. The van der Waals surface area contributed by atoms with E-state index in [0.717, 1.165) is 29.8 Å². The molecule has 25 heavy (non-hydrogen) atoms. The number of carbonyl (C=O) groups is 1. The molecule has 0 bridgehead atoms. The highest BCUT2D eigenvalue weighted by Gasteiger charge is 2.22. The number of fused-ring (bicyclic) bond motifs is 1. The Kier molecular flexibility index (Phi) is 4.17. The Morgan fingerprint density at radius 1 is 1.04 bits per heavy atom. The van der Waals surface area contributed by atoms with Crippen molar-refractivity contribution in [2.24, 2.45) is 0 Å². The SMILES string of the molecule is O=C(Nc1ccncc1)c1ccc2c(c1)CCC(c1ccccc1)O2. The summed E-state index contributed by atoms with van der Waals surface area (Å²) in [7, 11) is 0. The standard InChI is InChI=1S/C21H18N2O2/c24-21(23-18-10-12-22-13-11-18)17-7-9-20-16(14-17)6-8-19(25-20)15-4-2-1-3-5-15/h1-5,7,9-14,19H,6,8H2,(H,22,23,24). The van der Waals surface area contributed by atoms with Gasteiger partial charge in [-0.15, -0.1) is 0 Å². The first-order valence-electron chi connectivity index (χ1n) is 8.35. The number of nitrogens with one attached hydrogen (secondary N) is 1. The van der Waals surface area contributed by atoms with E-state index in [2.05, 4.69) is 22.4 Å². The third-order valence-corrected chi connectivity index (χ3v) is 4.38. The highest BCUT2D eigenvalue weighted by Crippen LogP contribution is 2.35. The maximum absolute atomic E-state index is 12.4. The lowest BCUT2D eigenvalue weighted by Gasteiger charge is -2.26. The van der Waals surface area contributed by atoms with Gasteiger partial charge >= 0.3 is 0 Å². The number of benzene rings is 2. The molecule has 1 N–H and O–H groups in total. The quantitative estimate of drug-likeness (QED) is 0.774. The fourth-order valence-corrected chi connectivity index (χ4v) is 3.07. The van der Waals surface area contributed by atoms with E-state index in [4.69, 9.17) is 4.74 Å². The van der Waals surface area contributed by atoms with E-state index >= 15 is 0 Å². The van der Waals surface area contributed by atoms with Crippen molar-refractivity contribution in [2.75, 3.05) is 5.32 Å². The zero-order valence-electron chi connectivity index (χ0n) is 13.7. The van der Waals surface area contributed by atoms with E-state index < -0.39 is 0 Å². The van der Waals surface area contributed by atoms with Crippen molar-refractivity contribution < 1.29 is 9.53 Å². The fourth-order valence-electron chi connectivity index (χ4n) is 3.07. The van der Waals surface area contributed by atoms with E-state index in [-0.39, 0.29) is 12.0 Å². The van der Waals surface area contributed by atoms with Gasteiger partial charge in [-0.1, -0.05) is 30.3 Å². The van der Waals surface area contributed by atoms with Crippen LogP contribution in [-0.2, 0) is 6.42 Å². The van der Waals surface area contributed by atoms with Crippen molar-refractivity contribution in [1.82, 2.24) is 4.98 Å². The fraction of sp³-hybridized carbons (Fsp3) is 0.143. The first-order valence-corrected chi connectivity index (χ1v) is 8.35. The van der Waals surface area contributed by atoms with Gasteiger partial charge in [0.05, 0.1) is 0 Å². The lowest BCUT2D eigenvalue weighted by molar-refractivity contribution is 0.102. The Hall–Kier alpha value is -3.14. The molecule has 1 amide bonds. The molecule has 1 aliphatic rings. The lowest BCUT2D eigenvalue weighted by atomic mass is 9.96. The van der Waals surface area contributed by atoms with Crippen molar-refractivity contribution in [1.29, 1.82) is 0 Å². The molecule has 124 valence electrons. The molecule has 3 aromatic rings. The monoisotopic (exact) mass is 330 g/mol. The van der Waals surface area contributed by atoms with Crippen molar-refractivity contribution in [2.45, 2.75) is 18.9 Å². The number of hydrogen-bond donors (Lipinski definition) is 1. The van der Waals surface area contributed by atoms with Crippen LogP contribution in [0.1, 0.15) is 34.0 Å². The first-order chi connectivity index (χ1) is 12.3. The molecular formula is C21H18N2O2. The van der Waals surface area contributed by atoms with E-state index in [1.165, 1.54) is 5.56 Å². The second kappa shape index (κ2) is 6.77. The topological polar surface area (TPSA) is 51.2 Å². The average molecular weight is 330 g/mol. The van der Waals surface area contributed by atoms with Crippen molar-refractivity contribution in [3.8, 4) is 5.75 Å². The highest BCUT2D eigenvalue weighted by molar-refractivity contribution is 6.04. The van der Waals surface area contributed by atoms with Gasteiger partial charge in [-0.05, 0) is 54.3 Å². The molecule has 0 saturated carbocycles. The average Bonchev–Trinajstić information content (AvgIpc) is 2.68. The zero-order valence-corrected chi connectivity index (χ0v) is 13.7. The summed E-state index contributed by atoms with van der Waals surface area (Å²) in [6.07, 6.45) is 5.18. The number of ether oxygens (including phenoxy) is 1. The molecule has 0 radical (unpaired) electrons. The maximum atomic E-state index is 12.4. The summed E-state index contributed by atoms with van der Waals surface area (Å²) in [4.78, 5) is 16.4. The maximum Gasteiger partial charge on any atom is 0.255 e. The molecule has 4 heteroatoms. The number of amides is 1. The summed E-state index contributed by atoms with van der Waals surface area (Å²) in [5.41, 5.74) is 3.64. The third-order valence-electron chi connectivity index (χ3n) is 4.38. The number of anilines is 1. The van der Waals surface area contributed by atoms with Crippen LogP contribution in [0.15, 0.2) is 73.1 Å². The van der Waals surface area contributed by atoms with Gasteiger partial charge in [0.25, 0.3) is 5.91 Å². The van der Waals surface area contributed by atoms with E-state index in [0.29, 0.717) is 5.56 Å². The van der Waals surface area contributed by atoms with Crippen LogP contribution in [0.3, 0.4) is 0 Å². The summed E-state index contributed by atoms with van der Waals surface area (Å²) in [6, 6.07) is 19.4. The molecule has 2 aromatic carbocycles. The van der Waals surface area contributed by atoms with Crippen LogP contribution in [0, 0.1) is 0 Å². The molecule has 1 aliphatic heterocycles. The number of carbonyl (C=O) groups excluding carboxylic acids is 1. The molecule has 0 saturated heterocycles. The molecule has 0 fully saturated rings. The highest BCUT2D eigenvalue weighted by atomic mass is 16.5. The van der Waals surface area contributed by atoms with Crippen LogP contribution in [0.2, 0.25) is 0 Å². The molecule has 0 spiro atoms. The van der Waals surface area contributed by atoms with Crippen molar-refractivity contribution >= 4 is 11.6 Å². The van der Waals surface area contributed by atoms with E-state index in [9.17, 15) is 4.79 Å². The van der Waals surface area contributed by atoms with Crippen LogP contribution in [0.25, 0.3) is 0 Å². The largest absolute Gasteiger partial charge is 0.485 e. The minimum Gasteiger partial charge on any atom is -0.485 e. The predicted octanol–water partition coefficient (Wildman–Crippen LogP) is 4.40. The van der Waals surface area contributed by atoms with Gasteiger partial charge < -0.3 is 10.1 Å². The van der Waals surface area contributed by atoms with Crippen molar-refractivity contribution in [3.63, 3.8) is 0 Å². The Balaban J connectivity index is 1.51. The lowest BCUT2D eigenvalue weighted by Crippen LogP contribution is -2.17. The van der Waals surface area contributed by atoms with E-state index in [1.54, 1.807) is 24.5 Å². The van der Waals surface area contributed by atoms with Crippen LogP contribution in [0.5, 0.6) is 5.75 Å². The molecular weight excluding hydrogens is 312 g/mol. The van der Waals surface area contributed by atoms with Crippen LogP contribution >= 0.6 is 0 Å². The minimum atomic E-state index is -0.126. The Bertz CT molecular complexity index is 879. The molecule has 4 nitrogen and oxygen atoms in total. The van der Waals surface area contributed by atoms with Crippen LogP contribution in [0.4, 0.5) is 5.69 Å². The first kappa shape index (κ1) is 15.4. The summed E-state index contributed by atoms with van der Waals surface area (Å²) >= 11 is 0. The van der Waals surface area contributed by atoms with Gasteiger partial charge in [0, 0.05) is 23.6 Å². The molecule has 0 aliphatic carbocycles. The number of aryl methyl sites for hydroxylation is 1. The molecule has 4 rings (SSSR count). The summed E-state index contributed by atoms with van der Waals surface area (Å²) in [5, 5.41) is 2.88. The molecule has 1 aromatic heterocycles. The second-order valence-corrected chi connectivity index (χ2v) is 6.07. The normalized spacial score (nSPS) is 15.8. The van der Waals surface area contributed by atoms with Gasteiger partial charge in [0.2, 0.25) is 0 Å². The number of nitrogens with zero attached hydrogens (tertiary/aromatic N) is 1. The number of rotatable bonds is 3. The smallest absolute Gasteiger partial charge is 0.255 e. The second-order valence-electron chi connectivity index (χ2n) is 6.07. The van der Waals surface area contributed by atoms with Gasteiger partial charge in [0.15, 0.2) is 0 Å². The third kappa shape index (κ3) is 3.38. The molecule has 1 atom stereocenters. The van der Waals surface area contributed by atoms with Gasteiger partial charge in [-0.25, -0.2) is 0 Å². The summed E-state index contributed by atoms with van der Waals surface area (Å²) < 4.78 is 6.13. The predicted molar refractivity (Wildman–Crippen MR) is 96.8 cm³/mol. The Morgan fingerprint density at radius 2 is 1.84 bits per heavy atom. The number of hydrogen-bond acceptors (Lipinski definition) is 3. The number of pyridine rings is 1. The Morgan fingerprint density at radius 3 is 2.64 bits per heavy atom. The van der Waals surface area contributed by atoms with Gasteiger partial charge in [-0.3, -0.25) is 9.78 Å². The van der Waals surface area contributed by atoms with Crippen molar-refractivity contribution in [3.05, 3.63) is 89.7 Å². The summed E-state index contributed by atoms with van der Waals surface area (Å²) in [5.74, 6) is 0.736. The van der Waals surface area contributed by atoms with Gasteiger partial charge in [0.1, 0.15) is 11.9 Å². The minimum absolute atomic E-state index is 0.0743. The number of aromatic nitrogens is 1. The summed E-state index contributed by atoms with van der Waals surface area (Å²) in [6.45, 7) is 0. The van der Waals surface area contributed by atoms with Crippen LogP contribution < -0.4 is 10.1 Å². The van der Waals surface area contributed by atoms with E-state index in [1.807, 2.05) is 36.4 Å².